The van der Waals surface area contributed by atoms with Gasteiger partial charge in [0.15, 0.2) is 0 Å². The van der Waals surface area contributed by atoms with E-state index >= 15 is 0 Å². The first-order valence-corrected chi connectivity index (χ1v) is 5.89. The Morgan fingerprint density at radius 2 is 1.86 bits per heavy atom. The predicted molar refractivity (Wildman–Crippen MR) is 64.4 cm³/mol. The van der Waals surface area contributed by atoms with E-state index in [1.807, 2.05) is 18.2 Å². The molecule has 0 aliphatic heterocycles. The summed E-state index contributed by atoms with van der Waals surface area (Å²) in [5, 5.41) is 2.85. The Kier molecular flexibility index (Phi) is 2.96. The van der Waals surface area contributed by atoms with E-state index in [9.17, 15) is 0 Å². The summed E-state index contributed by atoms with van der Waals surface area (Å²) < 4.78 is 0. The van der Waals surface area contributed by atoms with Crippen LogP contribution in [0.3, 0.4) is 0 Å². The third-order valence-corrected chi connectivity index (χ3v) is 3.23. The second-order valence-electron chi connectivity index (χ2n) is 2.88. The summed E-state index contributed by atoms with van der Waals surface area (Å²) in [5.41, 5.74) is 1.78. The number of fused-ring (bicyclic) bond motifs is 1. The fourth-order valence-electron chi connectivity index (χ4n) is 1.28. The van der Waals surface area contributed by atoms with Crippen molar-refractivity contribution < 1.29 is 0 Å². The van der Waals surface area contributed by atoms with Crippen LogP contribution in [0.15, 0.2) is 24.3 Å². The SMILES string of the molecule is Clc1ccc2ccc(CBr)c(Cl)c2n1. The molecule has 0 radical (unpaired) electrons. The summed E-state index contributed by atoms with van der Waals surface area (Å²) in [6, 6.07) is 7.64. The van der Waals surface area contributed by atoms with E-state index < -0.39 is 0 Å². The summed E-state index contributed by atoms with van der Waals surface area (Å²) >= 11 is 15.3. The van der Waals surface area contributed by atoms with Gasteiger partial charge in [-0.3, -0.25) is 0 Å². The number of rotatable bonds is 1. The maximum Gasteiger partial charge on any atom is 0.129 e. The number of alkyl halides is 1. The number of aromatic nitrogens is 1. The van der Waals surface area contributed by atoms with Crippen molar-refractivity contribution >= 4 is 50.0 Å². The van der Waals surface area contributed by atoms with Crippen molar-refractivity contribution in [3.63, 3.8) is 0 Å². The molecule has 1 aromatic carbocycles. The molecule has 1 nitrogen and oxygen atoms in total. The van der Waals surface area contributed by atoms with Crippen LogP contribution in [0.1, 0.15) is 5.56 Å². The van der Waals surface area contributed by atoms with Crippen LogP contribution in [-0.4, -0.2) is 4.98 Å². The minimum atomic E-state index is 0.464. The number of nitrogens with zero attached hydrogens (tertiary/aromatic N) is 1. The van der Waals surface area contributed by atoms with Crippen molar-refractivity contribution in [2.45, 2.75) is 5.33 Å². The Labute approximate surface area is 100 Å². The molecule has 2 aromatic rings. The van der Waals surface area contributed by atoms with E-state index in [1.54, 1.807) is 6.07 Å². The lowest BCUT2D eigenvalue weighted by Gasteiger charge is -2.04. The monoisotopic (exact) mass is 289 g/mol. The predicted octanol–water partition coefficient (Wildman–Crippen LogP) is 4.44. The van der Waals surface area contributed by atoms with E-state index in [0.29, 0.717) is 10.2 Å². The molecule has 0 unspecified atom stereocenters. The summed E-state index contributed by atoms with van der Waals surface area (Å²) in [4.78, 5) is 4.20. The Bertz CT molecular complexity index is 485. The van der Waals surface area contributed by atoms with Crippen LogP contribution < -0.4 is 0 Å². The summed E-state index contributed by atoms with van der Waals surface area (Å²) in [6.45, 7) is 0. The zero-order chi connectivity index (χ0) is 10.1. The summed E-state index contributed by atoms with van der Waals surface area (Å²) in [5.74, 6) is 0. The van der Waals surface area contributed by atoms with Gasteiger partial charge in [0.25, 0.3) is 0 Å². The highest BCUT2D eigenvalue weighted by atomic mass is 79.9. The molecule has 1 aromatic heterocycles. The van der Waals surface area contributed by atoms with Crippen molar-refractivity contribution in [1.82, 2.24) is 4.98 Å². The van der Waals surface area contributed by atoms with Crippen LogP contribution >= 0.6 is 39.1 Å². The molecule has 14 heavy (non-hydrogen) atoms. The Balaban J connectivity index is 2.79. The van der Waals surface area contributed by atoms with Crippen LogP contribution in [0.2, 0.25) is 10.2 Å². The third-order valence-electron chi connectivity index (χ3n) is 1.99. The van der Waals surface area contributed by atoms with Gasteiger partial charge in [0.2, 0.25) is 0 Å². The van der Waals surface area contributed by atoms with Gasteiger partial charge in [-0.05, 0) is 17.7 Å². The average Bonchev–Trinajstić information content (AvgIpc) is 2.20. The van der Waals surface area contributed by atoms with Crippen molar-refractivity contribution in [3.8, 4) is 0 Å². The Hall–Kier alpha value is -0.310. The van der Waals surface area contributed by atoms with Gasteiger partial charge in [0.1, 0.15) is 5.15 Å². The highest BCUT2D eigenvalue weighted by molar-refractivity contribution is 9.08. The lowest BCUT2D eigenvalue weighted by atomic mass is 10.1. The molecule has 0 spiro atoms. The third kappa shape index (κ3) is 1.74. The lowest BCUT2D eigenvalue weighted by molar-refractivity contribution is 1.38. The van der Waals surface area contributed by atoms with Crippen LogP contribution in [0.4, 0.5) is 0 Å². The minimum Gasteiger partial charge on any atom is -0.235 e. The molecular weight excluding hydrogens is 285 g/mol. The largest absolute Gasteiger partial charge is 0.235 e. The van der Waals surface area contributed by atoms with Crippen molar-refractivity contribution in [1.29, 1.82) is 0 Å². The molecule has 1 heterocycles. The van der Waals surface area contributed by atoms with Gasteiger partial charge >= 0.3 is 0 Å². The summed E-state index contributed by atoms with van der Waals surface area (Å²) in [7, 11) is 0. The fraction of sp³-hybridized carbons (Fsp3) is 0.100. The van der Waals surface area contributed by atoms with Gasteiger partial charge in [-0.2, -0.15) is 0 Å². The molecule has 0 atom stereocenters. The number of halogens is 3. The first-order chi connectivity index (χ1) is 6.72. The van der Waals surface area contributed by atoms with Crippen LogP contribution in [-0.2, 0) is 5.33 Å². The first-order valence-electron chi connectivity index (χ1n) is 4.02. The van der Waals surface area contributed by atoms with Crippen LogP contribution in [0, 0.1) is 0 Å². The maximum atomic E-state index is 6.16. The second kappa shape index (κ2) is 4.05. The second-order valence-corrected chi connectivity index (χ2v) is 4.20. The Morgan fingerprint density at radius 1 is 1.14 bits per heavy atom. The molecule has 72 valence electrons. The zero-order valence-corrected chi connectivity index (χ0v) is 10.2. The maximum absolute atomic E-state index is 6.16. The van der Waals surface area contributed by atoms with Crippen molar-refractivity contribution in [2.24, 2.45) is 0 Å². The lowest BCUT2D eigenvalue weighted by Crippen LogP contribution is -1.85. The van der Waals surface area contributed by atoms with E-state index in [4.69, 9.17) is 23.2 Å². The molecule has 0 saturated heterocycles. The van der Waals surface area contributed by atoms with Crippen molar-refractivity contribution in [3.05, 3.63) is 40.0 Å². The van der Waals surface area contributed by atoms with Crippen molar-refractivity contribution in [2.75, 3.05) is 0 Å². The normalized spacial score (nSPS) is 10.8. The van der Waals surface area contributed by atoms with E-state index in [2.05, 4.69) is 20.9 Å². The van der Waals surface area contributed by atoms with Gasteiger partial charge in [0, 0.05) is 10.7 Å². The smallest absolute Gasteiger partial charge is 0.129 e. The molecule has 4 heteroatoms. The number of pyridine rings is 1. The minimum absolute atomic E-state index is 0.464. The number of benzene rings is 1. The quantitative estimate of drug-likeness (QED) is 0.559. The van der Waals surface area contributed by atoms with Crippen LogP contribution in [0.5, 0.6) is 0 Å². The molecule has 0 aliphatic rings. The zero-order valence-electron chi connectivity index (χ0n) is 7.10. The Morgan fingerprint density at radius 3 is 2.57 bits per heavy atom. The first kappa shape index (κ1) is 10.2. The molecule has 0 aliphatic carbocycles. The van der Waals surface area contributed by atoms with Crippen LogP contribution in [0.25, 0.3) is 10.9 Å². The molecule has 0 fully saturated rings. The van der Waals surface area contributed by atoms with E-state index in [0.717, 1.165) is 21.8 Å². The molecule has 0 N–H and O–H groups in total. The highest BCUT2D eigenvalue weighted by Crippen LogP contribution is 2.28. The van der Waals surface area contributed by atoms with Gasteiger partial charge in [0.05, 0.1) is 10.5 Å². The van der Waals surface area contributed by atoms with Gasteiger partial charge in [-0.25, -0.2) is 4.98 Å². The summed E-state index contributed by atoms with van der Waals surface area (Å²) in [6.07, 6.45) is 0. The fourth-order valence-corrected chi connectivity index (χ4v) is 2.33. The standard InChI is InChI=1S/C10H6BrCl2N/c11-5-7-2-1-6-3-4-8(12)14-10(6)9(7)13/h1-4H,5H2. The molecule has 0 saturated carbocycles. The number of hydrogen-bond donors (Lipinski definition) is 0. The van der Waals surface area contributed by atoms with Gasteiger partial charge in [-0.15, -0.1) is 0 Å². The highest BCUT2D eigenvalue weighted by Gasteiger charge is 2.05. The topological polar surface area (TPSA) is 12.9 Å². The molecule has 0 bridgehead atoms. The van der Waals surface area contributed by atoms with Gasteiger partial charge in [-0.1, -0.05) is 51.3 Å². The molecular formula is C10H6BrCl2N. The number of hydrogen-bond acceptors (Lipinski definition) is 1. The van der Waals surface area contributed by atoms with Gasteiger partial charge < -0.3 is 0 Å². The van der Waals surface area contributed by atoms with E-state index in [1.165, 1.54) is 0 Å². The average molecular weight is 291 g/mol. The molecule has 2 rings (SSSR count). The van der Waals surface area contributed by atoms with E-state index in [-0.39, 0.29) is 0 Å². The molecule has 0 amide bonds.